The van der Waals surface area contributed by atoms with Gasteiger partial charge in [-0.25, -0.2) is 0 Å². The van der Waals surface area contributed by atoms with Gasteiger partial charge in [0.05, 0.1) is 13.2 Å². The molecule has 1 aromatic carbocycles. The van der Waals surface area contributed by atoms with E-state index in [9.17, 15) is 9.59 Å². The number of benzene rings is 1. The second kappa shape index (κ2) is 9.64. The molecule has 0 spiro atoms. The second-order valence-corrected chi connectivity index (χ2v) is 7.56. The van der Waals surface area contributed by atoms with Crippen LogP contribution >= 0.6 is 11.3 Å². The lowest BCUT2D eigenvalue weighted by atomic mass is 10.1. The smallest absolute Gasteiger partial charge is 0.298 e. The van der Waals surface area contributed by atoms with Crippen LogP contribution in [0.3, 0.4) is 0 Å². The number of Topliss-reactive ketones (excluding diaryl/α,β-unsaturated/α-hetero) is 1. The van der Waals surface area contributed by atoms with Gasteiger partial charge in [0.1, 0.15) is 10.8 Å². The molecule has 30 heavy (non-hydrogen) atoms. The second-order valence-electron chi connectivity index (χ2n) is 6.58. The lowest BCUT2D eigenvalue weighted by molar-refractivity contribution is -0.112. The highest BCUT2D eigenvalue weighted by atomic mass is 32.1. The summed E-state index contributed by atoms with van der Waals surface area (Å²) in [6.45, 7) is 7.37. The predicted molar refractivity (Wildman–Crippen MR) is 115 cm³/mol. The number of methoxy groups -OCH3 is 1. The molecule has 0 radical (unpaired) electrons. The topological polar surface area (TPSA) is 95.3 Å². The lowest BCUT2D eigenvalue weighted by Gasteiger charge is -2.08. The number of ketones is 1. The normalized spacial score (nSPS) is 10.8. The van der Waals surface area contributed by atoms with E-state index in [1.54, 1.807) is 13.2 Å². The molecule has 0 aliphatic heterocycles. The first-order valence-corrected chi connectivity index (χ1v) is 10.3. The Labute approximate surface area is 178 Å². The predicted octanol–water partition coefficient (Wildman–Crippen LogP) is 3.49. The van der Waals surface area contributed by atoms with Gasteiger partial charge >= 0.3 is 0 Å². The van der Waals surface area contributed by atoms with Crippen molar-refractivity contribution in [2.75, 3.05) is 25.6 Å². The van der Waals surface area contributed by atoms with Crippen LogP contribution in [-0.2, 0) is 16.1 Å². The maximum absolute atomic E-state index is 12.7. The third kappa shape index (κ3) is 4.74. The van der Waals surface area contributed by atoms with Crippen LogP contribution in [0.2, 0.25) is 0 Å². The Morgan fingerprint density at radius 2 is 1.90 bits per heavy atom. The van der Waals surface area contributed by atoms with E-state index in [1.165, 1.54) is 11.3 Å². The fourth-order valence-electron chi connectivity index (χ4n) is 3.08. The van der Waals surface area contributed by atoms with Crippen molar-refractivity contribution in [3.63, 3.8) is 0 Å². The van der Waals surface area contributed by atoms with Gasteiger partial charge in [0.2, 0.25) is 5.13 Å². The summed E-state index contributed by atoms with van der Waals surface area (Å²) in [5.74, 6) is -0.575. The molecule has 3 aromatic rings. The third-order valence-electron chi connectivity index (χ3n) is 4.60. The van der Waals surface area contributed by atoms with E-state index in [1.807, 2.05) is 49.6 Å². The summed E-state index contributed by atoms with van der Waals surface area (Å²) in [5.41, 5.74) is 2.85. The zero-order chi connectivity index (χ0) is 21.7. The molecule has 0 saturated heterocycles. The molecule has 0 aliphatic rings. The molecule has 0 unspecified atom stereocenters. The molecule has 158 valence electrons. The first-order valence-electron chi connectivity index (χ1n) is 9.52. The summed E-state index contributed by atoms with van der Waals surface area (Å²) in [4.78, 5) is 25.2. The number of aryl methyl sites for hydroxylation is 1. The van der Waals surface area contributed by atoms with Crippen LogP contribution in [-0.4, -0.2) is 46.8 Å². The Morgan fingerprint density at radius 1 is 1.17 bits per heavy atom. The molecular weight excluding hydrogens is 404 g/mol. The van der Waals surface area contributed by atoms with Crippen LogP contribution in [0.5, 0.6) is 5.75 Å². The van der Waals surface area contributed by atoms with Gasteiger partial charge in [0.15, 0.2) is 0 Å². The summed E-state index contributed by atoms with van der Waals surface area (Å²) in [5, 5.41) is 11.6. The van der Waals surface area contributed by atoms with Gasteiger partial charge in [-0.2, -0.15) is 0 Å². The summed E-state index contributed by atoms with van der Waals surface area (Å²) in [6, 6.07) is 9.16. The monoisotopic (exact) mass is 428 g/mol. The largest absolute Gasteiger partial charge is 0.494 e. The van der Waals surface area contributed by atoms with Gasteiger partial charge in [0, 0.05) is 36.2 Å². The lowest BCUT2D eigenvalue weighted by Crippen LogP contribution is -2.23. The summed E-state index contributed by atoms with van der Waals surface area (Å²) in [6.07, 6.45) is 0. The number of anilines is 1. The van der Waals surface area contributed by atoms with Crippen LogP contribution in [0.4, 0.5) is 5.13 Å². The van der Waals surface area contributed by atoms with Gasteiger partial charge in [-0.15, -0.1) is 10.2 Å². The number of amides is 1. The number of carbonyl (C=O) groups is 2. The Bertz CT molecular complexity index is 1040. The zero-order valence-corrected chi connectivity index (χ0v) is 18.2. The van der Waals surface area contributed by atoms with Crippen LogP contribution in [0.1, 0.15) is 28.7 Å². The van der Waals surface area contributed by atoms with Gasteiger partial charge in [-0.1, -0.05) is 11.3 Å². The minimum absolute atomic E-state index is 0.269. The minimum Gasteiger partial charge on any atom is -0.494 e. The Morgan fingerprint density at radius 3 is 2.57 bits per heavy atom. The van der Waals surface area contributed by atoms with E-state index in [0.717, 1.165) is 22.7 Å². The maximum Gasteiger partial charge on any atom is 0.298 e. The Kier molecular flexibility index (Phi) is 6.96. The van der Waals surface area contributed by atoms with Gasteiger partial charge in [-0.05, 0) is 51.1 Å². The van der Waals surface area contributed by atoms with Crippen molar-refractivity contribution < 1.29 is 19.1 Å². The summed E-state index contributed by atoms with van der Waals surface area (Å²) >= 11 is 1.20. The zero-order valence-electron chi connectivity index (χ0n) is 17.4. The molecule has 0 bridgehead atoms. The molecule has 0 aliphatic carbocycles. The van der Waals surface area contributed by atoms with Crippen LogP contribution in [0.15, 0.2) is 30.3 Å². The van der Waals surface area contributed by atoms with Crippen molar-refractivity contribution in [1.29, 1.82) is 0 Å². The molecule has 1 amide bonds. The van der Waals surface area contributed by atoms with Gasteiger partial charge in [-0.3, -0.25) is 14.9 Å². The first kappa shape index (κ1) is 21.7. The molecule has 2 heterocycles. The van der Waals surface area contributed by atoms with E-state index in [2.05, 4.69) is 15.5 Å². The standard InChI is InChI=1S/C21H24N4O4S/c1-5-29-16-8-6-15(7-9-16)20-23-24-21(30-20)22-19(27)18(26)17-12-13(2)25(14(17)3)10-11-28-4/h6-9,12H,5,10-11H2,1-4H3,(H,22,24,27). The van der Waals surface area contributed by atoms with Crippen molar-refractivity contribution in [1.82, 2.24) is 14.8 Å². The number of nitrogens with one attached hydrogen (secondary N) is 1. The van der Waals surface area contributed by atoms with Crippen molar-refractivity contribution in [3.8, 4) is 16.3 Å². The van der Waals surface area contributed by atoms with E-state index < -0.39 is 11.7 Å². The molecule has 9 heteroatoms. The first-order chi connectivity index (χ1) is 14.4. The number of rotatable bonds is 9. The highest BCUT2D eigenvalue weighted by Gasteiger charge is 2.23. The van der Waals surface area contributed by atoms with Crippen molar-refractivity contribution in [3.05, 3.63) is 47.3 Å². The summed E-state index contributed by atoms with van der Waals surface area (Å²) in [7, 11) is 1.62. The maximum atomic E-state index is 12.7. The molecule has 3 rings (SSSR count). The summed E-state index contributed by atoms with van der Waals surface area (Å²) < 4.78 is 12.5. The number of ether oxygens (including phenoxy) is 2. The van der Waals surface area contributed by atoms with Crippen molar-refractivity contribution >= 4 is 28.2 Å². The number of aromatic nitrogens is 3. The van der Waals surface area contributed by atoms with E-state index in [4.69, 9.17) is 9.47 Å². The van der Waals surface area contributed by atoms with Crippen LogP contribution < -0.4 is 10.1 Å². The van der Waals surface area contributed by atoms with E-state index >= 15 is 0 Å². The SMILES string of the molecule is CCOc1ccc(-c2nnc(NC(=O)C(=O)c3cc(C)n(CCOC)c3C)s2)cc1. The van der Waals surface area contributed by atoms with Gasteiger partial charge < -0.3 is 14.0 Å². The molecular formula is C21H24N4O4S. The third-order valence-corrected chi connectivity index (χ3v) is 5.49. The van der Waals surface area contributed by atoms with E-state index in [-0.39, 0.29) is 5.13 Å². The van der Waals surface area contributed by atoms with Crippen LogP contribution in [0.25, 0.3) is 10.6 Å². The van der Waals surface area contributed by atoms with E-state index in [0.29, 0.717) is 30.3 Å². The highest BCUT2D eigenvalue weighted by molar-refractivity contribution is 7.18. The molecule has 1 N–H and O–H groups in total. The molecule has 0 fully saturated rings. The number of carbonyl (C=O) groups excluding carboxylic acids is 2. The van der Waals surface area contributed by atoms with Crippen molar-refractivity contribution in [2.45, 2.75) is 27.3 Å². The van der Waals surface area contributed by atoms with Crippen LogP contribution in [0, 0.1) is 13.8 Å². The van der Waals surface area contributed by atoms with Crippen molar-refractivity contribution in [2.24, 2.45) is 0 Å². The fourth-order valence-corrected chi connectivity index (χ4v) is 3.83. The Hall–Kier alpha value is -3.04. The minimum atomic E-state index is -0.739. The molecule has 8 nitrogen and oxygen atoms in total. The number of nitrogens with zero attached hydrogens (tertiary/aromatic N) is 3. The Balaban J connectivity index is 1.70. The van der Waals surface area contributed by atoms with Gasteiger partial charge in [0.25, 0.3) is 11.7 Å². The molecule has 0 atom stereocenters. The highest BCUT2D eigenvalue weighted by Crippen LogP contribution is 2.28. The molecule has 2 aromatic heterocycles. The quantitative estimate of drug-likeness (QED) is 0.414. The number of hydrogen-bond acceptors (Lipinski definition) is 7. The average Bonchev–Trinajstić information content (AvgIpc) is 3.31. The average molecular weight is 429 g/mol. The fraction of sp³-hybridized carbons (Fsp3) is 0.333. The molecule has 0 saturated carbocycles. The number of hydrogen-bond donors (Lipinski definition) is 1.